The lowest BCUT2D eigenvalue weighted by molar-refractivity contribution is -0.118. The number of halogens is 1. The Bertz CT molecular complexity index is 766. The summed E-state index contributed by atoms with van der Waals surface area (Å²) in [5.41, 5.74) is 0.987. The molecule has 0 saturated carbocycles. The van der Waals surface area contributed by atoms with E-state index in [2.05, 4.69) is 10.3 Å². The molecule has 1 amide bonds. The van der Waals surface area contributed by atoms with Crippen molar-refractivity contribution in [2.75, 3.05) is 0 Å². The first-order valence-electron chi connectivity index (χ1n) is 8.28. The van der Waals surface area contributed by atoms with Crippen LogP contribution in [0.5, 0.6) is 0 Å². The molecule has 0 bridgehead atoms. The van der Waals surface area contributed by atoms with Gasteiger partial charge >= 0.3 is 0 Å². The second-order valence-corrected chi connectivity index (χ2v) is 7.01. The van der Waals surface area contributed by atoms with E-state index in [4.69, 9.17) is 0 Å². The zero-order chi connectivity index (χ0) is 18.4. The fraction of sp³-hybridized carbons (Fsp3) is 0.350. The number of carbonyl (C=O) groups is 2. The highest BCUT2D eigenvalue weighted by Crippen LogP contribution is 2.13. The fourth-order valence-electron chi connectivity index (χ4n) is 2.44. The lowest BCUT2D eigenvalue weighted by Gasteiger charge is -2.21. The number of hydrogen-bond donors (Lipinski definition) is 1. The first kappa shape index (κ1) is 18.8. The van der Waals surface area contributed by atoms with Gasteiger partial charge in [-0.2, -0.15) is 0 Å². The summed E-state index contributed by atoms with van der Waals surface area (Å²) in [5, 5.41) is 2.87. The number of pyridine rings is 1. The smallest absolute Gasteiger partial charge is 0.253 e. The molecule has 2 rings (SSSR count). The van der Waals surface area contributed by atoms with Gasteiger partial charge in [-0.3, -0.25) is 14.6 Å². The number of Topliss-reactive ketones (excluding diaryl/α,β-unsaturated/α-hetero) is 1. The van der Waals surface area contributed by atoms with Crippen LogP contribution in [0.3, 0.4) is 0 Å². The van der Waals surface area contributed by atoms with Gasteiger partial charge < -0.3 is 5.32 Å². The van der Waals surface area contributed by atoms with Gasteiger partial charge in [0.05, 0.1) is 11.3 Å². The second-order valence-electron chi connectivity index (χ2n) is 7.01. The van der Waals surface area contributed by atoms with Gasteiger partial charge in [-0.25, -0.2) is 4.39 Å². The average Bonchev–Trinajstić information content (AvgIpc) is 2.53. The molecule has 1 aromatic heterocycles. The van der Waals surface area contributed by atoms with Crippen molar-refractivity contribution in [1.29, 1.82) is 0 Å². The quantitative estimate of drug-likeness (QED) is 0.874. The van der Waals surface area contributed by atoms with E-state index in [1.165, 1.54) is 6.07 Å². The van der Waals surface area contributed by atoms with Crippen molar-refractivity contribution in [3.63, 3.8) is 0 Å². The molecule has 0 radical (unpaired) electrons. The largest absolute Gasteiger partial charge is 0.347 e. The van der Waals surface area contributed by atoms with E-state index in [9.17, 15) is 14.0 Å². The first-order chi connectivity index (χ1) is 11.8. The molecule has 0 aliphatic heterocycles. The molecule has 2 aromatic rings. The molecule has 1 aromatic carbocycles. The molecule has 0 fully saturated rings. The Hall–Kier alpha value is -2.56. The van der Waals surface area contributed by atoms with Gasteiger partial charge in [0.2, 0.25) is 0 Å². The van der Waals surface area contributed by atoms with E-state index in [0.29, 0.717) is 23.2 Å². The number of aromatic nitrogens is 1. The summed E-state index contributed by atoms with van der Waals surface area (Å²) in [6, 6.07) is 9.75. The summed E-state index contributed by atoms with van der Waals surface area (Å²) in [6.45, 7) is 5.67. The summed E-state index contributed by atoms with van der Waals surface area (Å²) >= 11 is 0. The second kappa shape index (κ2) is 8.01. The molecule has 1 N–H and O–H groups in total. The van der Waals surface area contributed by atoms with E-state index in [1.54, 1.807) is 36.5 Å². The van der Waals surface area contributed by atoms with Crippen molar-refractivity contribution in [3.05, 3.63) is 65.2 Å². The summed E-state index contributed by atoms with van der Waals surface area (Å²) in [4.78, 5) is 28.8. The van der Waals surface area contributed by atoms with E-state index >= 15 is 0 Å². The van der Waals surface area contributed by atoms with Crippen molar-refractivity contribution in [2.45, 2.75) is 45.6 Å². The van der Waals surface area contributed by atoms with Crippen LogP contribution >= 0.6 is 0 Å². The minimum atomic E-state index is -0.376. The van der Waals surface area contributed by atoms with Crippen LogP contribution in [0.15, 0.2) is 42.6 Å². The molecular formula is C20H23FN2O2. The van der Waals surface area contributed by atoms with Gasteiger partial charge in [0, 0.05) is 24.6 Å². The zero-order valence-electron chi connectivity index (χ0n) is 14.8. The Balaban J connectivity index is 2.04. The molecule has 132 valence electrons. The van der Waals surface area contributed by atoms with Crippen molar-refractivity contribution in [2.24, 2.45) is 0 Å². The van der Waals surface area contributed by atoms with Crippen LogP contribution in [-0.2, 0) is 17.6 Å². The zero-order valence-corrected chi connectivity index (χ0v) is 14.8. The van der Waals surface area contributed by atoms with Gasteiger partial charge in [0.15, 0.2) is 0 Å². The Labute approximate surface area is 147 Å². The van der Waals surface area contributed by atoms with Crippen LogP contribution in [0.1, 0.15) is 48.8 Å². The third-order valence-corrected chi connectivity index (χ3v) is 3.62. The first-order valence-corrected chi connectivity index (χ1v) is 8.28. The fourth-order valence-corrected chi connectivity index (χ4v) is 2.44. The van der Waals surface area contributed by atoms with Crippen LogP contribution in [0.4, 0.5) is 4.39 Å². The number of aryl methyl sites for hydroxylation is 1. The lowest BCUT2D eigenvalue weighted by atomic mass is 10.0. The van der Waals surface area contributed by atoms with E-state index < -0.39 is 0 Å². The van der Waals surface area contributed by atoms with Crippen LogP contribution < -0.4 is 5.32 Å². The number of carbonyl (C=O) groups excluding carboxylic acids is 2. The predicted molar refractivity (Wildman–Crippen MR) is 94.9 cm³/mol. The molecule has 4 nitrogen and oxygen atoms in total. The molecule has 0 unspecified atom stereocenters. The maximum absolute atomic E-state index is 13.6. The Morgan fingerprint density at radius 3 is 2.52 bits per heavy atom. The van der Waals surface area contributed by atoms with Gasteiger partial charge in [-0.05, 0) is 51.0 Å². The lowest BCUT2D eigenvalue weighted by Crippen LogP contribution is -2.41. The number of ketones is 1. The summed E-state index contributed by atoms with van der Waals surface area (Å²) in [7, 11) is 0. The Morgan fingerprint density at radius 2 is 1.84 bits per heavy atom. The number of hydrogen-bond acceptors (Lipinski definition) is 3. The van der Waals surface area contributed by atoms with Crippen LogP contribution in [-0.4, -0.2) is 22.2 Å². The summed E-state index contributed by atoms with van der Waals surface area (Å²) < 4.78 is 13.6. The molecule has 0 saturated heterocycles. The number of rotatable bonds is 6. The Kier molecular flexibility index (Phi) is 6.02. The molecule has 0 aliphatic rings. The molecular weight excluding hydrogens is 319 g/mol. The SMILES string of the molecule is CC(C)(C)NC(=O)c1cccnc1CC(=O)CCc1ccccc1F. The highest BCUT2D eigenvalue weighted by molar-refractivity contribution is 5.97. The molecule has 0 atom stereocenters. The van der Waals surface area contributed by atoms with Gasteiger partial charge in [0.1, 0.15) is 11.6 Å². The average molecular weight is 342 g/mol. The highest BCUT2D eigenvalue weighted by Gasteiger charge is 2.19. The predicted octanol–water partition coefficient (Wildman–Crippen LogP) is 3.49. The van der Waals surface area contributed by atoms with Gasteiger partial charge in [-0.15, -0.1) is 0 Å². The molecule has 5 heteroatoms. The maximum atomic E-state index is 13.6. The van der Waals surface area contributed by atoms with Gasteiger partial charge in [-0.1, -0.05) is 18.2 Å². The Morgan fingerprint density at radius 1 is 1.12 bits per heavy atom. The molecule has 0 spiro atoms. The highest BCUT2D eigenvalue weighted by atomic mass is 19.1. The number of amides is 1. The summed E-state index contributed by atoms with van der Waals surface area (Å²) in [5.74, 6) is -0.636. The van der Waals surface area contributed by atoms with Crippen molar-refractivity contribution >= 4 is 11.7 Å². The topological polar surface area (TPSA) is 59.1 Å². The molecule has 0 aliphatic carbocycles. The van der Waals surface area contributed by atoms with Crippen molar-refractivity contribution < 1.29 is 14.0 Å². The third-order valence-electron chi connectivity index (χ3n) is 3.62. The van der Waals surface area contributed by atoms with E-state index in [1.807, 2.05) is 20.8 Å². The minimum Gasteiger partial charge on any atom is -0.347 e. The molecule has 25 heavy (non-hydrogen) atoms. The standard InChI is InChI=1S/C20H23FN2O2/c1-20(2,3)23-19(25)16-8-6-12-22-18(16)13-15(24)11-10-14-7-4-5-9-17(14)21/h4-9,12H,10-11,13H2,1-3H3,(H,23,25). The summed E-state index contributed by atoms with van der Waals surface area (Å²) in [6.07, 6.45) is 2.16. The van der Waals surface area contributed by atoms with E-state index in [-0.39, 0.29) is 35.9 Å². The van der Waals surface area contributed by atoms with Crippen molar-refractivity contribution in [1.82, 2.24) is 10.3 Å². The number of benzene rings is 1. The minimum absolute atomic E-state index is 0.0577. The van der Waals surface area contributed by atoms with Gasteiger partial charge in [0.25, 0.3) is 5.91 Å². The third kappa shape index (κ3) is 5.78. The monoisotopic (exact) mass is 342 g/mol. The van der Waals surface area contributed by atoms with Crippen LogP contribution in [0.2, 0.25) is 0 Å². The van der Waals surface area contributed by atoms with E-state index in [0.717, 1.165) is 0 Å². The normalized spacial score (nSPS) is 11.2. The maximum Gasteiger partial charge on any atom is 0.253 e. The molecule has 1 heterocycles. The number of nitrogens with one attached hydrogen (secondary N) is 1. The van der Waals surface area contributed by atoms with Crippen molar-refractivity contribution in [3.8, 4) is 0 Å². The van der Waals surface area contributed by atoms with Crippen LogP contribution in [0, 0.1) is 5.82 Å². The van der Waals surface area contributed by atoms with Crippen LogP contribution in [0.25, 0.3) is 0 Å². The number of nitrogens with zero attached hydrogens (tertiary/aromatic N) is 1.